The van der Waals surface area contributed by atoms with Crippen LogP contribution in [0, 0.1) is 5.92 Å². The molecule has 2 fully saturated rings. The van der Waals surface area contributed by atoms with E-state index in [2.05, 4.69) is 0 Å². The first-order chi connectivity index (χ1) is 8.83. The number of carbonyl (C=O) groups is 1. The van der Waals surface area contributed by atoms with Crippen molar-refractivity contribution in [2.24, 2.45) is 5.92 Å². The SMILES string of the molecule is O=C(/C=C1/C[C@H]2CCCC[C@@H]2O1)c1ccccc1. The van der Waals surface area contributed by atoms with Crippen LogP contribution in [0.15, 0.2) is 42.2 Å². The highest BCUT2D eigenvalue weighted by molar-refractivity contribution is 6.04. The van der Waals surface area contributed by atoms with Crippen LogP contribution < -0.4 is 0 Å². The number of hydrogen-bond acceptors (Lipinski definition) is 2. The van der Waals surface area contributed by atoms with Gasteiger partial charge in [0, 0.05) is 24.0 Å². The number of hydrogen-bond donors (Lipinski definition) is 0. The van der Waals surface area contributed by atoms with Crippen molar-refractivity contribution in [2.75, 3.05) is 0 Å². The molecule has 1 aliphatic heterocycles. The zero-order chi connectivity index (χ0) is 12.4. The third-order valence-electron chi connectivity index (χ3n) is 3.96. The molecule has 2 aliphatic rings. The standard InChI is InChI=1S/C16H18O2/c17-15(12-6-2-1-3-7-12)11-14-10-13-8-4-5-9-16(13)18-14/h1-3,6-7,11,13,16H,4-5,8-10H2/b14-11-/t13-,16+/m1/s1. The number of fused-ring (bicyclic) bond motifs is 1. The Kier molecular flexibility index (Phi) is 3.18. The second kappa shape index (κ2) is 4.97. The summed E-state index contributed by atoms with van der Waals surface area (Å²) in [6.07, 6.45) is 7.99. The summed E-state index contributed by atoms with van der Waals surface area (Å²) in [7, 11) is 0. The van der Waals surface area contributed by atoms with Crippen molar-refractivity contribution in [3.8, 4) is 0 Å². The topological polar surface area (TPSA) is 26.3 Å². The van der Waals surface area contributed by atoms with Crippen molar-refractivity contribution in [3.63, 3.8) is 0 Å². The quantitative estimate of drug-likeness (QED) is 0.583. The first kappa shape index (κ1) is 11.5. The van der Waals surface area contributed by atoms with Crippen LogP contribution in [0.3, 0.4) is 0 Å². The maximum Gasteiger partial charge on any atom is 0.189 e. The molecule has 1 saturated carbocycles. The fourth-order valence-corrected chi connectivity index (χ4v) is 2.99. The predicted molar refractivity (Wildman–Crippen MR) is 70.3 cm³/mol. The van der Waals surface area contributed by atoms with E-state index < -0.39 is 0 Å². The number of carbonyl (C=O) groups excluding carboxylic acids is 1. The molecule has 0 radical (unpaired) electrons. The fourth-order valence-electron chi connectivity index (χ4n) is 2.99. The van der Waals surface area contributed by atoms with Crippen molar-refractivity contribution < 1.29 is 9.53 Å². The lowest BCUT2D eigenvalue weighted by Crippen LogP contribution is -2.19. The largest absolute Gasteiger partial charge is 0.494 e. The van der Waals surface area contributed by atoms with Gasteiger partial charge < -0.3 is 4.74 Å². The molecular formula is C16H18O2. The molecular weight excluding hydrogens is 224 g/mol. The van der Waals surface area contributed by atoms with Crippen LogP contribution in [0.25, 0.3) is 0 Å². The molecule has 1 aliphatic carbocycles. The number of ketones is 1. The van der Waals surface area contributed by atoms with E-state index in [1.807, 2.05) is 30.3 Å². The third kappa shape index (κ3) is 2.33. The summed E-state index contributed by atoms with van der Waals surface area (Å²) in [5, 5.41) is 0. The van der Waals surface area contributed by atoms with E-state index in [1.54, 1.807) is 6.08 Å². The van der Waals surface area contributed by atoms with Crippen LogP contribution in [0.1, 0.15) is 42.5 Å². The summed E-state index contributed by atoms with van der Waals surface area (Å²) in [6.45, 7) is 0. The van der Waals surface area contributed by atoms with Gasteiger partial charge in [-0.1, -0.05) is 36.8 Å². The number of ether oxygens (including phenoxy) is 1. The van der Waals surface area contributed by atoms with Gasteiger partial charge in [-0.3, -0.25) is 4.79 Å². The van der Waals surface area contributed by atoms with Crippen molar-refractivity contribution in [2.45, 2.75) is 38.2 Å². The summed E-state index contributed by atoms with van der Waals surface area (Å²) >= 11 is 0. The van der Waals surface area contributed by atoms with Gasteiger partial charge in [0.25, 0.3) is 0 Å². The second-order valence-corrected chi connectivity index (χ2v) is 5.25. The Morgan fingerprint density at radius 1 is 1.17 bits per heavy atom. The maximum atomic E-state index is 12.0. The zero-order valence-corrected chi connectivity index (χ0v) is 10.5. The Morgan fingerprint density at radius 2 is 1.94 bits per heavy atom. The summed E-state index contributed by atoms with van der Waals surface area (Å²) in [5.74, 6) is 1.60. The molecule has 1 saturated heterocycles. The van der Waals surface area contributed by atoms with Crippen molar-refractivity contribution in [1.82, 2.24) is 0 Å². The summed E-state index contributed by atoms with van der Waals surface area (Å²) in [4.78, 5) is 12.0. The average Bonchev–Trinajstić information content (AvgIpc) is 2.82. The molecule has 0 aromatic heterocycles. The van der Waals surface area contributed by atoms with Crippen LogP contribution in [-0.4, -0.2) is 11.9 Å². The van der Waals surface area contributed by atoms with Crippen molar-refractivity contribution in [1.29, 1.82) is 0 Å². The Balaban J connectivity index is 1.72. The van der Waals surface area contributed by atoms with Gasteiger partial charge in [-0.15, -0.1) is 0 Å². The van der Waals surface area contributed by atoms with Crippen molar-refractivity contribution in [3.05, 3.63) is 47.7 Å². The Hall–Kier alpha value is -1.57. The smallest absolute Gasteiger partial charge is 0.189 e. The molecule has 2 nitrogen and oxygen atoms in total. The van der Waals surface area contributed by atoms with Gasteiger partial charge in [-0.05, 0) is 19.3 Å². The fraction of sp³-hybridized carbons (Fsp3) is 0.438. The lowest BCUT2D eigenvalue weighted by molar-refractivity contribution is 0.0942. The summed E-state index contributed by atoms with van der Waals surface area (Å²) in [5.41, 5.74) is 0.739. The molecule has 18 heavy (non-hydrogen) atoms. The molecule has 0 spiro atoms. The van der Waals surface area contributed by atoms with E-state index in [0.717, 1.165) is 24.2 Å². The van der Waals surface area contributed by atoms with Gasteiger partial charge in [0.2, 0.25) is 0 Å². The highest BCUT2D eigenvalue weighted by Crippen LogP contribution is 2.39. The van der Waals surface area contributed by atoms with E-state index in [9.17, 15) is 4.79 Å². The molecule has 1 aromatic carbocycles. The van der Waals surface area contributed by atoms with E-state index in [-0.39, 0.29) is 5.78 Å². The molecule has 2 heteroatoms. The number of benzene rings is 1. The van der Waals surface area contributed by atoms with Crippen LogP contribution >= 0.6 is 0 Å². The van der Waals surface area contributed by atoms with Gasteiger partial charge in [-0.2, -0.15) is 0 Å². The third-order valence-corrected chi connectivity index (χ3v) is 3.96. The Labute approximate surface area is 108 Å². The van der Waals surface area contributed by atoms with E-state index >= 15 is 0 Å². The molecule has 0 N–H and O–H groups in total. The lowest BCUT2D eigenvalue weighted by atomic mass is 9.86. The molecule has 0 unspecified atom stereocenters. The minimum absolute atomic E-state index is 0.0595. The molecule has 0 amide bonds. The lowest BCUT2D eigenvalue weighted by Gasteiger charge is -2.22. The first-order valence-corrected chi connectivity index (χ1v) is 6.79. The van der Waals surface area contributed by atoms with Crippen LogP contribution in [0.2, 0.25) is 0 Å². The molecule has 94 valence electrons. The maximum absolute atomic E-state index is 12.0. The van der Waals surface area contributed by atoms with Gasteiger partial charge >= 0.3 is 0 Å². The van der Waals surface area contributed by atoms with Gasteiger partial charge in [0.15, 0.2) is 5.78 Å². The number of rotatable bonds is 2. The van der Waals surface area contributed by atoms with Gasteiger partial charge in [0.05, 0.1) is 0 Å². The predicted octanol–water partition coefficient (Wildman–Crippen LogP) is 3.73. The van der Waals surface area contributed by atoms with Crippen LogP contribution in [0.4, 0.5) is 0 Å². The monoisotopic (exact) mass is 242 g/mol. The number of allylic oxidation sites excluding steroid dienone is 2. The molecule has 1 heterocycles. The summed E-state index contributed by atoms with van der Waals surface area (Å²) < 4.78 is 5.90. The van der Waals surface area contributed by atoms with Crippen molar-refractivity contribution >= 4 is 5.78 Å². The second-order valence-electron chi connectivity index (χ2n) is 5.25. The minimum Gasteiger partial charge on any atom is -0.494 e. The average molecular weight is 242 g/mol. The molecule has 1 aromatic rings. The normalized spacial score (nSPS) is 28.8. The van der Waals surface area contributed by atoms with Crippen LogP contribution in [0.5, 0.6) is 0 Å². The van der Waals surface area contributed by atoms with E-state index in [0.29, 0.717) is 12.0 Å². The van der Waals surface area contributed by atoms with Gasteiger partial charge in [-0.25, -0.2) is 0 Å². The molecule has 3 rings (SSSR count). The Morgan fingerprint density at radius 3 is 2.72 bits per heavy atom. The molecule has 2 atom stereocenters. The highest BCUT2D eigenvalue weighted by atomic mass is 16.5. The summed E-state index contributed by atoms with van der Waals surface area (Å²) in [6, 6.07) is 9.40. The van der Waals surface area contributed by atoms with E-state index in [4.69, 9.17) is 4.74 Å². The molecule has 0 bridgehead atoms. The first-order valence-electron chi connectivity index (χ1n) is 6.79. The van der Waals surface area contributed by atoms with Crippen LogP contribution in [-0.2, 0) is 4.74 Å². The highest BCUT2D eigenvalue weighted by Gasteiger charge is 2.34. The van der Waals surface area contributed by atoms with E-state index in [1.165, 1.54) is 19.3 Å². The Bertz CT molecular complexity index is 445. The van der Waals surface area contributed by atoms with Gasteiger partial charge in [0.1, 0.15) is 11.9 Å². The zero-order valence-electron chi connectivity index (χ0n) is 10.5. The minimum atomic E-state index is 0.0595.